The number of benzene rings is 1. The Bertz CT molecular complexity index is 651. The summed E-state index contributed by atoms with van der Waals surface area (Å²) < 4.78 is 5.50. The predicted octanol–water partition coefficient (Wildman–Crippen LogP) is 2.11. The summed E-state index contributed by atoms with van der Waals surface area (Å²) in [6.07, 6.45) is 3.85. The molecule has 1 N–H and O–H groups in total. The topological polar surface area (TPSA) is 93.9 Å². The van der Waals surface area contributed by atoms with Crippen molar-refractivity contribution in [3.63, 3.8) is 0 Å². The molecule has 7 heteroatoms. The number of carbonyl (C=O) groups excluding carboxylic acids is 1. The monoisotopic (exact) mass is 387 g/mol. The quantitative estimate of drug-likeness (QED) is 0.796. The Balaban J connectivity index is 0.000000878. The summed E-state index contributed by atoms with van der Waals surface area (Å²) >= 11 is 0. The van der Waals surface area contributed by atoms with E-state index in [2.05, 4.69) is 11.0 Å². The summed E-state index contributed by atoms with van der Waals surface area (Å²) in [5, 5.41) is 15.8. The van der Waals surface area contributed by atoms with Crippen LogP contribution in [0, 0.1) is 17.2 Å². The van der Waals surface area contributed by atoms with E-state index in [4.69, 9.17) is 19.9 Å². The number of nitrogens with zero attached hydrogens (tertiary/aromatic N) is 3. The van der Waals surface area contributed by atoms with Crippen LogP contribution in [0.1, 0.15) is 36.8 Å². The zero-order chi connectivity index (χ0) is 20.2. The van der Waals surface area contributed by atoms with Crippen molar-refractivity contribution < 1.29 is 19.4 Å². The van der Waals surface area contributed by atoms with Gasteiger partial charge in [0.2, 0.25) is 5.91 Å². The summed E-state index contributed by atoms with van der Waals surface area (Å²) in [4.78, 5) is 25.4. The highest BCUT2D eigenvalue weighted by Crippen LogP contribution is 2.19. The minimum atomic E-state index is -0.250. The molecule has 28 heavy (non-hydrogen) atoms. The van der Waals surface area contributed by atoms with Crippen LogP contribution in [-0.4, -0.2) is 66.7 Å². The minimum Gasteiger partial charge on any atom is -0.483 e. The molecule has 1 aromatic carbocycles. The number of hydrogen-bond acceptors (Lipinski definition) is 5. The van der Waals surface area contributed by atoms with Gasteiger partial charge in [0.25, 0.3) is 6.47 Å². The number of rotatable bonds is 4. The molecular formula is C21H29N3O4. The van der Waals surface area contributed by atoms with Crippen LogP contribution in [0.2, 0.25) is 0 Å². The van der Waals surface area contributed by atoms with E-state index in [1.165, 1.54) is 5.56 Å². The van der Waals surface area contributed by atoms with Gasteiger partial charge in [-0.3, -0.25) is 14.5 Å². The molecule has 1 amide bonds. The van der Waals surface area contributed by atoms with Gasteiger partial charge in [-0.1, -0.05) is 12.1 Å². The van der Waals surface area contributed by atoms with Gasteiger partial charge in [-0.05, 0) is 42.9 Å². The van der Waals surface area contributed by atoms with E-state index < -0.39 is 0 Å². The first-order chi connectivity index (χ1) is 13.7. The molecule has 3 rings (SSSR count). The normalized spacial score (nSPS) is 20.2. The smallest absolute Gasteiger partial charge is 0.290 e. The fourth-order valence-corrected chi connectivity index (χ4v) is 3.67. The van der Waals surface area contributed by atoms with Gasteiger partial charge in [-0.25, -0.2) is 0 Å². The van der Waals surface area contributed by atoms with Crippen LogP contribution in [-0.2, 0) is 20.9 Å². The molecule has 2 heterocycles. The number of amides is 1. The lowest BCUT2D eigenvalue weighted by Crippen LogP contribution is -2.36. The fourth-order valence-electron chi connectivity index (χ4n) is 3.67. The fraction of sp³-hybridized carbons (Fsp3) is 0.571. The van der Waals surface area contributed by atoms with E-state index in [0.29, 0.717) is 17.9 Å². The Kier molecular flexibility index (Phi) is 9.46. The van der Waals surface area contributed by atoms with Crippen molar-refractivity contribution in [1.82, 2.24) is 9.80 Å². The van der Waals surface area contributed by atoms with Crippen molar-refractivity contribution in [2.75, 3.05) is 39.4 Å². The van der Waals surface area contributed by atoms with Crippen LogP contribution in [0.25, 0.3) is 0 Å². The molecular weight excluding hydrogens is 358 g/mol. The van der Waals surface area contributed by atoms with Gasteiger partial charge in [0, 0.05) is 52.4 Å². The number of ether oxygens (including phenoxy) is 1. The molecule has 152 valence electrons. The second-order valence-electron chi connectivity index (χ2n) is 7.21. The molecule has 0 spiro atoms. The van der Waals surface area contributed by atoms with Gasteiger partial charge in [0.05, 0.1) is 11.6 Å². The molecule has 7 nitrogen and oxygen atoms in total. The summed E-state index contributed by atoms with van der Waals surface area (Å²) in [5.41, 5.74) is 1.92. The Labute approximate surface area is 166 Å². The SMILES string of the molecule is N#Cc1ccc(CN2CCCN(C(=O)CC3CCCOC3)CC2)cc1.O=CO. The third kappa shape index (κ3) is 7.29. The second-order valence-corrected chi connectivity index (χ2v) is 7.21. The predicted molar refractivity (Wildman–Crippen MR) is 104 cm³/mol. The molecule has 2 aliphatic heterocycles. The molecule has 1 atom stereocenters. The van der Waals surface area contributed by atoms with Gasteiger partial charge in [-0.15, -0.1) is 0 Å². The first-order valence-electron chi connectivity index (χ1n) is 9.81. The van der Waals surface area contributed by atoms with Gasteiger partial charge >= 0.3 is 0 Å². The van der Waals surface area contributed by atoms with Crippen LogP contribution in [0.4, 0.5) is 0 Å². The van der Waals surface area contributed by atoms with Crippen molar-refractivity contribution >= 4 is 12.4 Å². The van der Waals surface area contributed by atoms with Gasteiger partial charge in [-0.2, -0.15) is 5.26 Å². The highest BCUT2D eigenvalue weighted by atomic mass is 16.5. The van der Waals surface area contributed by atoms with E-state index in [1.54, 1.807) is 0 Å². The van der Waals surface area contributed by atoms with Gasteiger partial charge in [0.1, 0.15) is 0 Å². The molecule has 2 saturated heterocycles. The summed E-state index contributed by atoms with van der Waals surface area (Å²) in [6.45, 7) is 5.80. The lowest BCUT2D eigenvalue weighted by molar-refractivity contribution is -0.133. The first-order valence-corrected chi connectivity index (χ1v) is 9.81. The summed E-state index contributed by atoms with van der Waals surface area (Å²) in [7, 11) is 0. The van der Waals surface area contributed by atoms with Crippen molar-refractivity contribution in [2.45, 2.75) is 32.2 Å². The maximum absolute atomic E-state index is 12.6. The Morgan fingerprint density at radius 2 is 1.96 bits per heavy atom. The average molecular weight is 387 g/mol. The standard InChI is InChI=1S/C20H27N3O2.CH2O2/c21-14-17-4-6-18(7-5-17)15-22-8-2-9-23(11-10-22)20(24)13-19-3-1-12-25-16-19;2-1-3/h4-7,19H,1-3,8-13,15-16H2;1H,(H,2,3). The third-order valence-corrected chi connectivity index (χ3v) is 5.15. The maximum atomic E-state index is 12.6. The maximum Gasteiger partial charge on any atom is 0.290 e. The zero-order valence-corrected chi connectivity index (χ0v) is 16.3. The molecule has 0 aromatic heterocycles. The Morgan fingerprint density at radius 1 is 1.21 bits per heavy atom. The average Bonchev–Trinajstić information content (AvgIpc) is 2.96. The molecule has 2 fully saturated rings. The van der Waals surface area contributed by atoms with Crippen molar-refractivity contribution in [2.24, 2.45) is 5.92 Å². The second kappa shape index (κ2) is 12.1. The Hall–Kier alpha value is -2.43. The molecule has 1 aromatic rings. The molecule has 2 aliphatic rings. The number of hydrogen-bond donors (Lipinski definition) is 1. The lowest BCUT2D eigenvalue weighted by Gasteiger charge is -2.26. The van der Waals surface area contributed by atoms with Crippen LogP contribution in [0.5, 0.6) is 0 Å². The highest BCUT2D eigenvalue weighted by Gasteiger charge is 2.23. The van der Waals surface area contributed by atoms with Crippen LogP contribution < -0.4 is 0 Å². The van der Waals surface area contributed by atoms with Crippen LogP contribution >= 0.6 is 0 Å². The minimum absolute atomic E-state index is 0.250. The largest absolute Gasteiger partial charge is 0.483 e. The molecule has 0 aliphatic carbocycles. The van der Waals surface area contributed by atoms with E-state index in [1.807, 2.05) is 29.2 Å². The van der Waals surface area contributed by atoms with Crippen molar-refractivity contribution in [1.29, 1.82) is 5.26 Å². The molecule has 0 radical (unpaired) electrons. The van der Waals surface area contributed by atoms with Crippen molar-refractivity contribution in [3.05, 3.63) is 35.4 Å². The Morgan fingerprint density at radius 3 is 2.61 bits per heavy atom. The van der Waals surface area contributed by atoms with Crippen LogP contribution in [0.15, 0.2) is 24.3 Å². The van der Waals surface area contributed by atoms with Gasteiger partial charge in [0.15, 0.2) is 0 Å². The number of carboxylic acid groups (broad SMARTS) is 1. The number of carbonyl (C=O) groups is 2. The van der Waals surface area contributed by atoms with E-state index in [0.717, 1.165) is 65.2 Å². The number of nitriles is 1. The first kappa shape index (κ1) is 21.9. The van der Waals surface area contributed by atoms with Gasteiger partial charge < -0.3 is 14.7 Å². The highest BCUT2D eigenvalue weighted by molar-refractivity contribution is 5.76. The molecule has 0 bridgehead atoms. The third-order valence-electron chi connectivity index (χ3n) is 5.15. The van der Waals surface area contributed by atoms with E-state index in [9.17, 15) is 4.79 Å². The molecule has 1 unspecified atom stereocenters. The van der Waals surface area contributed by atoms with E-state index in [-0.39, 0.29) is 12.4 Å². The summed E-state index contributed by atoms with van der Waals surface area (Å²) in [5.74, 6) is 0.690. The molecule has 0 saturated carbocycles. The van der Waals surface area contributed by atoms with Crippen molar-refractivity contribution in [3.8, 4) is 6.07 Å². The zero-order valence-electron chi connectivity index (χ0n) is 16.3. The lowest BCUT2D eigenvalue weighted by atomic mass is 9.98. The van der Waals surface area contributed by atoms with E-state index >= 15 is 0 Å². The van der Waals surface area contributed by atoms with Crippen LogP contribution in [0.3, 0.4) is 0 Å². The summed E-state index contributed by atoms with van der Waals surface area (Å²) in [6, 6.07) is 9.94.